The number of thiocarbonyl (C=S) groups is 1. The Morgan fingerprint density at radius 3 is 2.36 bits per heavy atom. The highest BCUT2D eigenvalue weighted by atomic mass is 35.5. The van der Waals surface area contributed by atoms with Crippen LogP contribution in [0.4, 0.5) is 5.69 Å². The van der Waals surface area contributed by atoms with Crippen molar-refractivity contribution in [2.45, 2.75) is 0 Å². The summed E-state index contributed by atoms with van der Waals surface area (Å²) < 4.78 is 0.652. The molecule has 0 unspecified atom stereocenters. The molecule has 2 nitrogen and oxygen atoms in total. The molecule has 0 spiro atoms. The highest BCUT2D eigenvalue weighted by Gasteiger charge is 2.09. The van der Waals surface area contributed by atoms with Crippen LogP contribution < -0.4 is 4.90 Å². The van der Waals surface area contributed by atoms with Gasteiger partial charge in [-0.05, 0) is 30.5 Å². The summed E-state index contributed by atoms with van der Waals surface area (Å²) in [5.74, 6) is -0.0662. The van der Waals surface area contributed by atoms with E-state index < -0.39 is 0 Å². The van der Waals surface area contributed by atoms with Crippen LogP contribution in [0.2, 0.25) is 5.02 Å². The number of allylic oxidation sites excluding steroid dienone is 1. The first kappa shape index (κ1) is 16.7. The number of thioether (sulfide) groups is 1. The van der Waals surface area contributed by atoms with E-state index in [-0.39, 0.29) is 5.78 Å². The quantitative estimate of drug-likeness (QED) is 0.430. The molecule has 0 aliphatic heterocycles. The molecule has 2 aromatic rings. The van der Waals surface area contributed by atoms with E-state index in [9.17, 15) is 4.79 Å². The monoisotopic (exact) mass is 347 g/mol. The summed E-state index contributed by atoms with van der Waals surface area (Å²) in [6.07, 6.45) is 5.11. The first-order valence-electron chi connectivity index (χ1n) is 6.52. The number of hydrogen-bond donors (Lipinski definition) is 0. The van der Waals surface area contributed by atoms with Crippen LogP contribution in [0.15, 0.2) is 66.9 Å². The third-order valence-corrected chi connectivity index (χ3v) is 4.40. The van der Waals surface area contributed by atoms with Gasteiger partial charge >= 0.3 is 0 Å². The molecule has 0 aliphatic carbocycles. The number of rotatable bonds is 4. The Balaban J connectivity index is 2.23. The molecular weight excluding hydrogens is 334 g/mol. The van der Waals surface area contributed by atoms with Gasteiger partial charge in [0.15, 0.2) is 5.78 Å². The van der Waals surface area contributed by atoms with Gasteiger partial charge in [-0.25, -0.2) is 0 Å². The van der Waals surface area contributed by atoms with Gasteiger partial charge in [0.25, 0.3) is 0 Å². The number of ketones is 1. The fraction of sp³-hybridized carbons (Fsp3) is 0.0588. The molecule has 0 bridgehead atoms. The second kappa shape index (κ2) is 8.13. The van der Waals surface area contributed by atoms with Crippen molar-refractivity contribution in [3.63, 3.8) is 0 Å². The Labute approximate surface area is 144 Å². The summed E-state index contributed by atoms with van der Waals surface area (Å²) in [5, 5.41) is 0.656. The lowest BCUT2D eigenvalue weighted by Gasteiger charge is -2.19. The highest BCUT2D eigenvalue weighted by Crippen LogP contribution is 2.22. The van der Waals surface area contributed by atoms with Crippen molar-refractivity contribution in [2.75, 3.05) is 11.2 Å². The molecule has 22 heavy (non-hydrogen) atoms. The number of anilines is 1. The highest BCUT2D eigenvalue weighted by molar-refractivity contribution is 8.22. The maximum atomic E-state index is 12.2. The Bertz CT molecular complexity index is 684. The van der Waals surface area contributed by atoms with E-state index >= 15 is 0 Å². The van der Waals surface area contributed by atoms with Crippen LogP contribution in [0.1, 0.15) is 10.4 Å². The fourth-order valence-corrected chi connectivity index (χ4v) is 2.45. The van der Waals surface area contributed by atoms with Crippen molar-refractivity contribution in [2.24, 2.45) is 0 Å². The van der Waals surface area contributed by atoms with Crippen LogP contribution in [-0.4, -0.2) is 16.4 Å². The van der Waals surface area contributed by atoms with Crippen LogP contribution in [0, 0.1) is 0 Å². The lowest BCUT2D eigenvalue weighted by molar-refractivity contribution is 0.104. The average Bonchev–Trinajstić information content (AvgIpc) is 2.56. The number of hydrogen-bond acceptors (Lipinski definition) is 3. The molecular formula is C17H14ClNOS2. The molecule has 0 saturated heterocycles. The zero-order chi connectivity index (χ0) is 15.9. The molecule has 0 aliphatic rings. The first-order chi connectivity index (χ1) is 10.6. The van der Waals surface area contributed by atoms with Gasteiger partial charge in [-0.15, -0.1) is 0 Å². The minimum absolute atomic E-state index is 0.0662. The minimum Gasteiger partial charge on any atom is -0.303 e. The number of benzene rings is 2. The maximum absolute atomic E-state index is 12.2. The fourth-order valence-electron chi connectivity index (χ4n) is 1.79. The summed E-state index contributed by atoms with van der Waals surface area (Å²) in [6, 6.07) is 16.4. The van der Waals surface area contributed by atoms with Crippen LogP contribution in [0.5, 0.6) is 0 Å². The first-order valence-corrected chi connectivity index (χ1v) is 8.53. The van der Waals surface area contributed by atoms with Crippen molar-refractivity contribution in [3.05, 3.63) is 77.5 Å². The van der Waals surface area contributed by atoms with Gasteiger partial charge in [0, 0.05) is 28.5 Å². The zero-order valence-electron chi connectivity index (χ0n) is 11.9. The molecule has 0 fully saturated rings. The van der Waals surface area contributed by atoms with Gasteiger partial charge in [-0.1, -0.05) is 65.9 Å². The zero-order valence-corrected chi connectivity index (χ0v) is 14.3. The normalized spacial score (nSPS) is 10.6. The second-order valence-corrected chi connectivity index (χ2v) is 6.24. The van der Waals surface area contributed by atoms with E-state index in [1.165, 1.54) is 17.8 Å². The molecule has 0 N–H and O–H groups in total. The van der Waals surface area contributed by atoms with Gasteiger partial charge in [-0.2, -0.15) is 0 Å². The third-order valence-electron chi connectivity index (χ3n) is 2.91. The van der Waals surface area contributed by atoms with Gasteiger partial charge in [0.05, 0.1) is 0 Å². The van der Waals surface area contributed by atoms with Crippen molar-refractivity contribution in [1.29, 1.82) is 0 Å². The molecule has 112 valence electrons. The largest absolute Gasteiger partial charge is 0.303 e. The lowest BCUT2D eigenvalue weighted by Crippen LogP contribution is -2.20. The van der Waals surface area contributed by atoms with Crippen molar-refractivity contribution in [1.82, 2.24) is 0 Å². The molecule has 0 amide bonds. The number of nitrogens with zero attached hydrogens (tertiary/aromatic N) is 1. The molecule has 0 radical (unpaired) electrons. The Morgan fingerprint density at radius 1 is 1.14 bits per heavy atom. The topological polar surface area (TPSA) is 20.3 Å². The summed E-state index contributed by atoms with van der Waals surface area (Å²) in [5.41, 5.74) is 1.51. The maximum Gasteiger partial charge on any atom is 0.187 e. The van der Waals surface area contributed by atoms with E-state index in [0.717, 1.165) is 5.69 Å². The van der Waals surface area contributed by atoms with Gasteiger partial charge in [0.1, 0.15) is 4.32 Å². The van der Waals surface area contributed by atoms with E-state index in [2.05, 4.69) is 0 Å². The molecule has 5 heteroatoms. The Morgan fingerprint density at radius 2 is 1.77 bits per heavy atom. The molecule has 0 aromatic heterocycles. The lowest BCUT2D eigenvalue weighted by atomic mass is 10.1. The van der Waals surface area contributed by atoms with Gasteiger partial charge < -0.3 is 4.90 Å². The van der Waals surface area contributed by atoms with Crippen LogP contribution in [0.3, 0.4) is 0 Å². The summed E-state index contributed by atoms with van der Waals surface area (Å²) >= 11 is 12.7. The standard InChI is InChI=1S/C17H14ClNOS2/c1-22-17(21)19(15-9-7-14(18)8-10-15)12-11-16(20)13-5-3-2-4-6-13/h2-12H,1H3. The van der Waals surface area contributed by atoms with Crippen molar-refractivity contribution in [3.8, 4) is 0 Å². The van der Waals surface area contributed by atoms with Crippen molar-refractivity contribution < 1.29 is 4.79 Å². The molecule has 0 atom stereocenters. The molecule has 0 saturated carbocycles. The Kier molecular flexibility index (Phi) is 6.19. The van der Waals surface area contributed by atoms with E-state index in [4.69, 9.17) is 23.8 Å². The number of halogens is 1. The number of carbonyl (C=O) groups excluding carboxylic acids is 1. The third kappa shape index (κ3) is 4.44. The molecule has 0 heterocycles. The molecule has 2 aromatic carbocycles. The predicted molar refractivity (Wildman–Crippen MR) is 100.0 cm³/mol. The SMILES string of the molecule is CSC(=S)N(C=CC(=O)c1ccccc1)c1ccc(Cl)cc1. The van der Waals surface area contributed by atoms with E-state index in [0.29, 0.717) is 14.9 Å². The summed E-state index contributed by atoms with van der Waals surface area (Å²) in [6.45, 7) is 0. The van der Waals surface area contributed by atoms with Crippen molar-refractivity contribution >= 4 is 51.4 Å². The van der Waals surface area contributed by atoms with Gasteiger partial charge in [-0.3, -0.25) is 4.79 Å². The average molecular weight is 348 g/mol. The van der Waals surface area contributed by atoms with Crippen LogP contribution >= 0.6 is 35.6 Å². The molecule has 2 rings (SSSR count). The predicted octanol–water partition coefficient (Wildman–Crippen LogP) is 5.19. The van der Waals surface area contributed by atoms with Crippen LogP contribution in [-0.2, 0) is 0 Å². The van der Waals surface area contributed by atoms with E-state index in [1.54, 1.807) is 35.4 Å². The summed E-state index contributed by atoms with van der Waals surface area (Å²) in [4.78, 5) is 13.9. The van der Waals surface area contributed by atoms with E-state index in [1.807, 2.05) is 36.6 Å². The second-order valence-electron chi connectivity index (χ2n) is 4.36. The van der Waals surface area contributed by atoms with Crippen LogP contribution in [0.25, 0.3) is 0 Å². The van der Waals surface area contributed by atoms with Gasteiger partial charge in [0.2, 0.25) is 0 Å². The Hall–Kier alpha value is -1.62. The number of carbonyl (C=O) groups is 1. The summed E-state index contributed by atoms with van der Waals surface area (Å²) in [7, 11) is 0. The smallest absolute Gasteiger partial charge is 0.187 e. The minimum atomic E-state index is -0.0662.